The molecule has 10 heteroatoms. The van der Waals surface area contributed by atoms with Crippen LogP contribution < -0.4 is 10.0 Å². The molecule has 152 valence electrons. The van der Waals surface area contributed by atoms with E-state index in [0.717, 1.165) is 19.3 Å². The van der Waals surface area contributed by atoms with Gasteiger partial charge in [0.15, 0.2) is 12.4 Å². The molecule has 0 aliphatic heterocycles. The van der Waals surface area contributed by atoms with Gasteiger partial charge in [-0.15, -0.1) is 0 Å². The molecule has 2 N–H and O–H groups in total. The average Bonchev–Trinajstić information content (AvgIpc) is 2.94. The first-order valence-electron chi connectivity index (χ1n) is 8.99. The molecule has 0 radical (unpaired) electrons. The van der Waals surface area contributed by atoms with Crippen molar-refractivity contribution in [1.29, 1.82) is 0 Å². The third-order valence-electron chi connectivity index (χ3n) is 5.06. The van der Waals surface area contributed by atoms with Crippen LogP contribution in [0, 0.1) is 25.7 Å². The molecule has 0 unspecified atom stereocenters. The first-order chi connectivity index (χ1) is 12.6. The van der Waals surface area contributed by atoms with Crippen LogP contribution in [-0.4, -0.2) is 44.6 Å². The quantitative estimate of drug-likeness (QED) is 0.654. The highest BCUT2D eigenvalue weighted by molar-refractivity contribution is 7.89. The van der Waals surface area contributed by atoms with E-state index in [-0.39, 0.29) is 28.3 Å². The maximum absolute atomic E-state index is 12.2. The van der Waals surface area contributed by atoms with Gasteiger partial charge in [-0.3, -0.25) is 9.59 Å². The molecule has 0 bridgehead atoms. The van der Waals surface area contributed by atoms with Gasteiger partial charge in [0.25, 0.3) is 5.91 Å². The highest BCUT2D eigenvalue weighted by Crippen LogP contribution is 2.29. The molecule has 0 saturated heterocycles. The summed E-state index contributed by atoms with van der Waals surface area (Å²) in [5.74, 6) is -0.206. The fourth-order valence-electron chi connectivity index (χ4n) is 3.32. The number of carbonyl (C=O) groups excluding carboxylic acids is 2. The number of nitrogens with one attached hydrogen (secondary N) is 2. The average molecular weight is 401 g/mol. The fourth-order valence-corrected chi connectivity index (χ4v) is 4.61. The highest BCUT2D eigenvalue weighted by Gasteiger charge is 2.28. The summed E-state index contributed by atoms with van der Waals surface area (Å²) < 4.78 is 36.2. The lowest BCUT2D eigenvalue weighted by molar-refractivity contribution is -0.147. The van der Waals surface area contributed by atoms with Crippen LogP contribution in [0.2, 0.25) is 0 Å². The normalized spacial score (nSPS) is 23.0. The Morgan fingerprint density at radius 1 is 1.26 bits per heavy atom. The zero-order chi connectivity index (χ0) is 20.2. The number of rotatable bonds is 7. The molecule has 1 aliphatic carbocycles. The Kier molecular flexibility index (Phi) is 6.99. The van der Waals surface area contributed by atoms with E-state index in [9.17, 15) is 18.0 Å². The van der Waals surface area contributed by atoms with Gasteiger partial charge in [0, 0.05) is 6.04 Å². The second-order valence-corrected chi connectivity index (χ2v) is 8.78. The van der Waals surface area contributed by atoms with Crippen molar-refractivity contribution in [2.45, 2.75) is 57.9 Å². The van der Waals surface area contributed by atoms with E-state index in [0.29, 0.717) is 11.8 Å². The Morgan fingerprint density at radius 3 is 2.59 bits per heavy atom. The van der Waals surface area contributed by atoms with Crippen LogP contribution in [0.5, 0.6) is 0 Å². The van der Waals surface area contributed by atoms with Crippen LogP contribution >= 0.6 is 0 Å². The molecule has 3 atom stereocenters. The van der Waals surface area contributed by atoms with Crippen LogP contribution in [0.4, 0.5) is 0 Å². The number of ether oxygens (including phenoxy) is 1. The molecule has 1 aromatic rings. The van der Waals surface area contributed by atoms with Crippen LogP contribution in [0.25, 0.3) is 0 Å². The van der Waals surface area contributed by atoms with Crippen molar-refractivity contribution in [3.05, 3.63) is 11.5 Å². The zero-order valence-electron chi connectivity index (χ0n) is 16.1. The maximum Gasteiger partial charge on any atom is 0.321 e. The standard InChI is InChI=1S/C17H27N3O6S/c1-10-6-5-7-14(11(10)2)19-15(21)9-25-16(22)8-18-27(23,24)17-12(3)20-26-13(17)4/h10-11,14,18H,5-9H2,1-4H3,(H,19,21)/t10-,11-,14-/m0/s1. The molecule has 1 amide bonds. The topological polar surface area (TPSA) is 128 Å². The monoisotopic (exact) mass is 401 g/mol. The molecule has 1 aromatic heterocycles. The Morgan fingerprint density at radius 2 is 1.96 bits per heavy atom. The second kappa shape index (κ2) is 8.83. The van der Waals surface area contributed by atoms with Gasteiger partial charge in [0.1, 0.15) is 17.1 Å². The predicted molar refractivity (Wildman–Crippen MR) is 96.2 cm³/mol. The third kappa shape index (κ3) is 5.52. The van der Waals surface area contributed by atoms with E-state index in [4.69, 9.17) is 9.26 Å². The number of nitrogens with zero attached hydrogens (tertiary/aromatic N) is 1. The lowest BCUT2D eigenvalue weighted by Gasteiger charge is -2.34. The van der Waals surface area contributed by atoms with Crippen molar-refractivity contribution < 1.29 is 27.3 Å². The minimum absolute atomic E-state index is 0.0676. The summed E-state index contributed by atoms with van der Waals surface area (Å²) in [6, 6.07) is 0.0676. The Hall–Kier alpha value is -1.94. The number of esters is 1. The first kappa shape index (κ1) is 21.4. The molecular weight excluding hydrogens is 374 g/mol. The Labute approximate surface area is 159 Å². The lowest BCUT2D eigenvalue weighted by Crippen LogP contribution is -2.45. The van der Waals surface area contributed by atoms with Crippen LogP contribution in [-0.2, 0) is 24.3 Å². The number of aromatic nitrogens is 1. The molecule has 1 saturated carbocycles. The molecule has 2 rings (SSSR count). The number of hydrogen-bond donors (Lipinski definition) is 2. The molecular formula is C17H27N3O6S. The third-order valence-corrected chi connectivity index (χ3v) is 6.71. The maximum atomic E-state index is 12.2. The van der Waals surface area contributed by atoms with Gasteiger partial charge in [0.2, 0.25) is 10.0 Å². The van der Waals surface area contributed by atoms with Crippen LogP contribution in [0.3, 0.4) is 0 Å². The second-order valence-electron chi connectivity index (χ2n) is 7.08. The number of hydrogen-bond acceptors (Lipinski definition) is 7. The van der Waals surface area contributed by atoms with E-state index < -0.39 is 29.1 Å². The van der Waals surface area contributed by atoms with E-state index in [1.165, 1.54) is 13.8 Å². The summed E-state index contributed by atoms with van der Waals surface area (Å²) in [5.41, 5.74) is 0.198. The molecule has 1 fully saturated rings. The van der Waals surface area contributed by atoms with E-state index in [2.05, 4.69) is 29.0 Å². The number of carbonyl (C=O) groups is 2. The number of sulfonamides is 1. The minimum atomic E-state index is -3.96. The van der Waals surface area contributed by atoms with Gasteiger partial charge in [-0.2, -0.15) is 4.72 Å². The smallest absolute Gasteiger partial charge is 0.321 e. The van der Waals surface area contributed by atoms with Gasteiger partial charge in [-0.1, -0.05) is 31.8 Å². The van der Waals surface area contributed by atoms with Gasteiger partial charge < -0.3 is 14.6 Å². The van der Waals surface area contributed by atoms with Gasteiger partial charge in [0.05, 0.1) is 0 Å². The molecule has 1 heterocycles. The van der Waals surface area contributed by atoms with E-state index >= 15 is 0 Å². The van der Waals surface area contributed by atoms with Gasteiger partial charge in [-0.05, 0) is 32.1 Å². The van der Waals surface area contributed by atoms with Crippen LogP contribution in [0.1, 0.15) is 44.6 Å². The summed E-state index contributed by atoms with van der Waals surface area (Å²) >= 11 is 0. The van der Waals surface area contributed by atoms with Crippen molar-refractivity contribution in [2.24, 2.45) is 11.8 Å². The minimum Gasteiger partial charge on any atom is -0.455 e. The van der Waals surface area contributed by atoms with Crippen LogP contribution in [0.15, 0.2) is 9.42 Å². The molecule has 0 aromatic carbocycles. The summed E-state index contributed by atoms with van der Waals surface area (Å²) in [7, 11) is -3.96. The fraction of sp³-hybridized carbons (Fsp3) is 0.706. The van der Waals surface area contributed by atoms with Crippen molar-refractivity contribution in [3.8, 4) is 0 Å². The SMILES string of the molecule is Cc1noc(C)c1S(=O)(=O)NCC(=O)OCC(=O)N[C@H]1CCC[C@H](C)[C@@H]1C. The Balaban J connectivity index is 1.78. The zero-order valence-corrected chi connectivity index (χ0v) is 16.9. The molecule has 1 aliphatic rings. The van der Waals surface area contributed by atoms with Crippen molar-refractivity contribution in [2.75, 3.05) is 13.2 Å². The summed E-state index contributed by atoms with van der Waals surface area (Å²) in [4.78, 5) is 23.7. The molecule has 27 heavy (non-hydrogen) atoms. The van der Waals surface area contributed by atoms with Crippen molar-refractivity contribution in [1.82, 2.24) is 15.2 Å². The van der Waals surface area contributed by atoms with Gasteiger partial charge in [-0.25, -0.2) is 8.42 Å². The van der Waals surface area contributed by atoms with Gasteiger partial charge >= 0.3 is 5.97 Å². The molecule has 9 nitrogen and oxygen atoms in total. The Bertz CT molecular complexity index is 769. The van der Waals surface area contributed by atoms with Crippen molar-refractivity contribution >= 4 is 21.9 Å². The number of aryl methyl sites for hydroxylation is 2. The summed E-state index contributed by atoms with van der Waals surface area (Å²) in [6.07, 6.45) is 3.11. The van der Waals surface area contributed by atoms with E-state index in [1.54, 1.807) is 0 Å². The lowest BCUT2D eigenvalue weighted by atomic mass is 9.78. The highest BCUT2D eigenvalue weighted by atomic mass is 32.2. The number of amides is 1. The summed E-state index contributed by atoms with van der Waals surface area (Å²) in [5, 5.41) is 6.46. The van der Waals surface area contributed by atoms with E-state index in [1.807, 2.05) is 0 Å². The molecule has 0 spiro atoms. The largest absolute Gasteiger partial charge is 0.455 e. The first-order valence-corrected chi connectivity index (χ1v) is 10.5. The van der Waals surface area contributed by atoms with Crippen molar-refractivity contribution in [3.63, 3.8) is 0 Å². The predicted octanol–water partition coefficient (Wildman–Crippen LogP) is 1.05. The summed E-state index contributed by atoms with van der Waals surface area (Å²) in [6.45, 7) is 6.18.